The lowest BCUT2D eigenvalue weighted by Gasteiger charge is -2.20. The minimum absolute atomic E-state index is 0.0259. The van der Waals surface area contributed by atoms with Crippen LogP contribution in [0.15, 0.2) is 64.0 Å². The van der Waals surface area contributed by atoms with Gasteiger partial charge in [-0.1, -0.05) is 18.2 Å². The van der Waals surface area contributed by atoms with Crippen LogP contribution >= 0.6 is 11.3 Å². The van der Waals surface area contributed by atoms with E-state index in [1.807, 2.05) is 66.4 Å². The van der Waals surface area contributed by atoms with Crippen LogP contribution in [0.1, 0.15) is 45.9 Å². The summed E-state index contributed by atoms with van der Waals surface area (Å²) in [5.41, 5.74) is 6.04. The Morgan fingerprint density at radius 3 is 2.58 bits per heavy atom. The third kappa shape index (κ3) is 4.03. The number of carbonyl (C=O) groups excluding carboxylic acids is 1. The van der Waals surface area contributed by atoms with Crippen LogP contribution in [0.5, 0.6) is 5.75 Å². The minimum atomic E-state index is -0.0259. The fourth-order valence-corrected chi connectivity index (χ4v) is 6.39. The second-order valence-electron chi connectivity index (χ2n) is 9.15. The molecule has 0 N–H and O–H groups in total. The van der Waals surface area contributed by atoms with E-state index in [4.69, 9.17) is 19.1 Å². The van der Waals surface area contributed by atoms with Gasteiger partial charge in [-0.25, -0.2) is 4.98 Å². The maximum atomic E-state index is 13.5. The average Bonchev–Trinajstić information content (AvgIpc) is 3.44. The molecule has 4 aromatic rings. The lowest BCUT2D eigenvalue weighted by molar-refractivity contribution is -0.117. The smallest absolute Gasteiger partial charge is 0.249 e. The summed E-state index contributed by atoms with van der Waals surface area (Å²) in [6.45, 7) is 2.37. The summed E-state index contributed by atoms with van der Waals surface area (Å²) < 4.78 is 11.4. The monoisotopic (exact) mass is 497 g/mol. The van der Waals surface area contributed by atoms with Crippen LogP contribution in [0.25, 0.3) is 11.5 Å². The molecule has 1 amide bonds. The van der Waals surface area contributed by atoms with Gasteiger partial charge in [-0.05, 0) is 74.6 Å². The largest absolute Gasteiger partial charge is 0.497 e. The zero-order valence-electron chi connectivity index (χ0n) is 20.4. The van der Waals surface area contributed by atoms with Crippen molar-refractivity contribution in [1.29, 1.82) is 0 Å². The summed E-state index contributed by atoms with van der Waals surface area (Å²) in [4.78, 5) is 26.4. The van der Waals surface area contributed by atoms with Crippen molar-refractivity contribution in [1.82, 2.24) is 4.98 Å². The van der Waals surface area contributed by atoms with E-state index in [-0.39, 0.29) is 12.5 Å². The molecule has 1 aliphatic heterocycles. The number of ether oxygens (including phenoxy) is 1. The summed E-state index contributed by atoms with van der Waals surface area (Å²) in [6, 6.07) is 17.8. The molecule has 0 radical (unpaired) electrons. The first kappa shape index (κ1) is 22.7. The van der Waals surface area contributed by atoms with Gasteiger partial charge in [0, 0.05) is 21.6 Å². The van der Waals surface area contributed by atoms with Crippen LogP contribution in [0.4, 0.5) is 5.00 Å². The standard InChI is InChI=1S/C29H27N3O3S/c1-18-23(31-28(35-18)20-8-4-3-5-9-20)17-32-25(33)16-30-27(19-12-14-21(34-2)15-13-19)26-22-10-6-7-11-24(22)36-29(26)32/h3-5,8-9,12-15H,6-7,10-11,16-17H2,1-2H3. The maximum Gasteiger partial charge on any atom is 0.249 e. The van der Waals surface area contributed by atoms with Crippen LogP contribution in [-0.2, 0) is 24.2 Å². The number of oxazole rings is 1. The molecule has 2 aromatic heterocycles. The predicted molar refractivity (Wildman–Crippen MR) is 142 cm³/mol. The van der Waals surface area contributed by atoms with Crippen LogP contribution in [0.2, 0.25) is 0 Å². The molecule has 6 nitrogen and oxygen atoms in total. The average molecular weight is 498 g/mol. The first-order valence-electron chi connectivity index (χ1n) is 12.3. The molecule has 0 spiro atoms. The number of amides is 1. The van der Waals surface area contributed by atoms with E-state index in [1.165, 1.54) is 16.9 Å². The van der Waals surface area contributed by atoms with Gasteiger partial charge in [0.1, 0.15) is 28.7 Å². The number of methoxy groups -OCH3 is 1. The predicted octanol–water partition coefficient (Wildman–Crippen LogP) is 5.98. The Morgan fingerprint density at radius 2 is 1.81 bits per heavy atom. The van der Waals surface area contributed by atoms with Crippen LogP contribution in [0, 0.1) is 6.92 Å². The highest BCUT2D eigenvalue weighted by atomic mass is 32.1. The molecule has 36 heavy (non-hydrogen) atoms. The lowest BCUT2D eigenvalue weighted by Crippen LogP contribution is -2.31. The Morgan fingerprint density at radius 1 is 1.03 bits per heavy atom. The molecule has 0 atom stereocenters. The molecular formula is C29H27N3O3S. The van der Waals surface area contributed by atoms with E-state index in [9.17, 15) is 4.79 Å². The summed E-state index contributed by atoms with van der Waals surface area (Å²) in [7, 11) is 1.66. The molecule has 0 saturated carbocycles. The molecular weight excluding hydrogens is 470 g/mol. The van der Waals surface area contributed by atoms with Gasteiger partial charge >= 0.3 is 0 Å². The minimum Gasteiger partial charge on any atom is -0.497 e. The van der Waals surface area contributed by atoms with E-state index < -0.39 is 0 Å². The van der Waals surface area contributed by atoms with Gasteiger partial charge < -0.3 is 9.15 Å². The third-order valence-corrected chi connectivity index (χ3v) is 8.21. The fourth-order valence-electron chi connectivity index (χ4n) is 4.98. The fraction of sp³-hybridized carbons (Fsp3) is 0.276. The number of nitrogens with zero attached hydrogens (tertiary/aromatic N) is 3. The Balaban J connectivity index is 1.42. The number of aryl methyl sites for hydroxylation is 2. The summed E-state index contributed by atoms with van der Waals surface area (Å²) in [5, 5.41) is 0.975. The number of anilines is 1. The Hall–Kier alpha value is -3.71. The lowest BCUT2D eigenvalue weighted by atomic mass is 9.91. The van der Waals surface area contributed by atoms with Crippen LogP contribution in [-0.4, -0.2) is 30.3 Å². The Bertz CT molecular complexity index is 1450. The van der Waals surface area contributed by atoms with E-state index in [2.05, 4.69) is 0 Å². The second kappa shape index (κ2) is 9.39. The zero-order chi connectivity index (χ0) is 24.6. The number of fused-ring (bicyclic) bond motifs is 3. The van der Waals surface area contributed by atoms with Crippen molar-refractivity contribution in [2.24, 2.45) is 4.99 Å². The highest BCUT2D eigenvalue weighted by Crippen LogP contribution is 2.43. The van der Waals surface area contributed by atoms with Gasteiger partial charge in [-0.15, -0.1) is 11.3 Å². The van der Waals surface area contributed by atoms with Gasteiger partial charge in [0.15, 0.2) is 0 Å². The van der Waals surface area contributed by atoms with Crippen molar-refractivity contribution in [2.75, 3.05) is 18.6 Å². The van der Waals surface area contributed by atoms with E-state index in [1.54, 1.807) is 18.4 Å². The number of hydrogen-bond acceptors (Lipinski definition) is 6. The summed E-state index contributed by atoms with van der Waals surface area (Å²) in [5.74, 6) is 2.08. The van der Waals surface area contributed by atoms with Crippen LogP contribution < -0.4 is 9.64 Å². The number of rotatable bonds is 5. The third-order valence-electron chi connectivity index (χ3n) is 6.89. The Kier molecular flexibility index (Phi) is 5.93. The first-order valence-corrected chi connectivity index (χ1v) is 13.1. The zero-order valence-corrected chi connectivity index (χ0v) is 21.2. The summed E-state index contributed by atoms with van der Waals surface area (Å²) >= 11 is 1.74. The molecule has 1 aliphatic carbocycles. The molecule has 0 bridgehead atoms. The van der Waals surface area contributed by atoms with E-state index in [0.717, 1.165) is 63.9 Å². The van der Waals surface area contributed by atoms with Gasteiger partial charge in [-0.3, -0.25) is 14.7 Å². The van der Waals surface area contributed by atoms with Crippen molar-refractivity contribution < 1.29 is 13.9 Å². The number of hydrogen-bond donors (Lipinski definition) is 0. The first-order chi connectivity index (χ1) is 17.6. The van der Waals surface area contributed by atoms with Crippen molar-refractivity contribution in [3.63, 3.8) is 0 Å². The molecule has 3 heterocycles. The molecule has 6 rings (SSSR count). The second-order valence-corrected chi connectivity index (χ2v) is 10.2. The highest BCUT2D eigenvalue weighted by Gasteiger charge is 2.33. The molecule has 7 heteroatoms. The number of aromatic nitrogens is 1. The molecule has 0 saturated heterocycles. The molecule has 0 unspecified atom stereocenters. The maximum absolute atomic E-state index is 13.5. The van der Waals surface area contributed by atoms with Gasteiger partial charge in [0.25, 0.3) is 0 Å². The summed E-state index contributed by atoms with van der Waals surface area (Å²) in [6.07, 6.45) is 4.40. The van der Waals surface area contributed by atoms with E-state index in [0.29, 0.717) is 12.4 Å². The van der Waals surface area contributed by atoms with Crippen molar-refractivity contribution >= 4 is 28.0 Å². The van der Waals surface area contributed by atoms with Crippen molar-refractivity contribution in [3.8, 4) is 17.2 Å². The number of aliphatic imine (C=N–C) groups is 1. The molecule has 0 fully saturated rings. The topological polar surface area (TPSA) is 67.9 Å². The highest BCUT2D eigenvalue weighted by molar-refractivity contribution is 7.17. The number of carbonyl (C=O) groups is 1. The van der Waals surface area contributed by atoms with Gasteiger partial charge in [0.2, 0.25) is 11.8 Å². The number of benzene rings is 2. The molecule has 182 valence electrons. The normalized spacial score (nSPS) is 15.2. The van der Waals surface area contributed by atoms with Gasteiger partial charge in [-0.2, -0.15) is 0 Å². The van der Waals surface area contributed by atoms with Crippen molar-refractivity contribution in [2.45, 2.75) is 39.2 Å². The number of thiophene rings is 1. The van der Waals surface area contributed by atoms with E-state index >= 15 is 0 Å². The van der Waals surface area contributed by atoms with Crippen molar-refractivity contribution in [3.05, 3.63) is 87.6 Å². The SMILES string of the molecule is COc1ccc(C2=NCC(=O)N(Cc3nc(-c4ccccc4)oc3C)c3sc4c(c32)CCCC4)cc1. The van der Waals surface area contributed by atoms with Gasteiger partial charge in [0.05, 0.1) is 19.4 Å². The Labute approximate surface area is 214 Å². The molecule has 2 aliphatic rings. The van der Waals surface area contributed by atoms with Crippen LogP contribution in [0.3, 0.4) is 0 Å². The quantitative estimate of drug-likeness (QED) is 0.340. The molecule has 2 aromatic carbocycles.